The van der Waals surface area contributed by atoms with Gasteiger partial charge in [0, 0.05) is 11.9 Å². The Labute approximate surface area is 103 Å². The van der Waals surface area contributed by atoms with Gasteiger partial charge in [-0.05, 0) is 50.6 Å². The molecule has 2 aliphatic rings. The molecule has 0 amide bonds. The molecule has 0 spiro atoms. The molecule has 0 radical (unpaired) electrons. The molecule has 0 bridgehead atoms. The number of alkyl halides is 1. The lowest BCUT2D eigenvalue weighted by atomic mass is 9.75. The van der Waals surface area contributed by atoms with Crippen LogP contribution in [0.2, 0.25) is 0 Å². The van der Waals surface area contributed by atoms with Crippen LogP contribution in [0, 0.1) is 11.8 Å². The summed E-state index contributed by atoms with van der Waals surface area (Å²) in [5.41, 5.74) is 0. The summed E-state index contributed by atoms with van der Waals surface area (Å²) in [5.74, 6) is 2.14. The van der Waals surface area contributed by atoms with Crippen LogP contribution in [-0.2, 0) is 0 Å². The van der Waals surface area contributed by atoms with E-state index in [0.29, 0.717) is 0 Å². The van der Waals surface area contributed by atoms with Gasteiger partial charge in [-0.2, -0.15) is 0 Å². The standard InChI is InChI=1S/C13H24BrN/c14-8-3-4-9-15-10-7-12-5-1-2-6-13(12)11-15/h12-13H,1-11H2. The maximum Gasteiger partial charge on any atom is 0.00317 e. The van der Waals surface area contributed by atoms with E-state index in [1.165, 1.54) is 69.9 Å². The Bertz CT molecular complexity index is 181. The Morgan fingerprint density at radius 3 is 2.60 bits per heavy atom. The smallest absolute Gasteiger partial charge is 0.00317 e. The number of rotatable bonds is 4. The van der Waals surface area contributed by atoms with Crippen molar-refractivity contribution in [1.82, 2.24) is 4.90 Å². The van der Waals surface area contributed by atoms with Crippen molar-refractivity contribution in [1.29, 1.82) is 0 Å². The van der Waals surface area contributed by atoms with Gasteiger partial charge in [-0.15, -0.1) is 0 Å². The maximum atomic E-state index is 3.51. The van der Waals surface area contributed by atoms with E-state index in [1.807, 2.05) is 0 Å². The summed E-state index contributed by atoms with van der Waals surface area (Å²) in [6.07, 6.45) is 10.2. The van der Waals surface area contributed by atoms with Crippen molar-refractivity contribution in [3.63, 3.8) is 0 Å². The van der Waals surface area contributed by atoms with E-state index in [0.717, 1.165) is 11.8 Å². The number of piperidine rings is 1. The van der Waals surface area contributed by atoms with Crippen molar-refractivity contribution >= 4 is 15.9 Å². The minimum atomic E-state index is 1.05. The van der Waals surface area contributed by atoms with Crippen LogP contribution >= 0.6 is 15.9 Å². The van der Waals surface area contributed by atoms with Gasteiger partial charge in [0.15, 0.2) is 0 Å². The highest BCUT2D eigenvalue weighted by Crippen LogP contribution is 2.35. The SMILES string of the molecule is BrCCCCN1CCC2CCCCC2C1. The second-order valence-corrected chi connectivity index (χ2v) is 6.08. The number of hydrogen-bond acceptors (Lipinski definition) is 1. The van der Waals surface area contributed by atoms with Crippen molar-refractivity contribution in [2.45, 2.75) is 44.9 Å². The van der Waals surface area contributed by atoms with Crippen molar-refractivity contribution in [3.8, 4) is 0 Å². The summed E-state index contributed by atoms with van der Waals surface area (Å²) >= 11 is 3.51. The van der Waals surface area contributed by atoms with Crippen LogP contribution in [0.15, 0.2) is 0 Å². The Morgan fingerprint density at radius 2 is 1.80 bits per heavy atom. The van der Waals surface area contributed by atoms with Gasteiger partial charge in [0.05, 0.1) is 0 Å². The second kappa shape index (κ2) is 6.24. The highest BCUT2D eigenvalue weighted by Gasteiger charge is 2.30. The molecule has 1 aliphatic carbocycles. The van der Waals surface area contributed by atoms with Crippen LogP contribution in [0.4, 0.5) is 0 Å². The van der Waals surface area contributed by atoms with Crippen LogP contribution in [0.1, 0.15) is 44.9 Å². The van der Waals surface area contributed by atoms with Gasteiger partial charge < -0.3 is 4.90 Å². The highest BCUT2D eigenvalue weighted by molar-refractivity contribution is 9.09. The van der Waals surface area contributed by atoms with Crippen LogP contribution < -0.4 is 0 Å². The molecular formula is C13H24BrN. The molecule has 1 saturated carbocycles. The van der Waals surface area contributed by atoms with Crippen LogP contribution in [0.3, 0.4) is 0 Å². The molecule has 15 heavy (non-hydrogen) atoms. The average molecular weight is 274 g/mol. The van der Waals surface area contributed by atoms with Gasteiger partial charge in [0.25, 0.3) is 0 Å². The fourth-order valence-corrected chi connectivity index (χ4v) is 3.71. The van der Waals surface area contributed by atoms with Gasteiger partial charge in [-0.3, -0.25) is 0 Å². The monoisotopic (exact) mass is 273 g/mol. The first-order valence-corrected chi connectivity index (χ1v) is 7.80. The third-order valence-corrected chi connectivity index (χ3v) is 4.79. The zero-order chi connectivity index (χ0) is 10.5. The Kier molecular flexibility index (Phi) is 4.96. The molecule has 0 aromatic heterocycles. The minimum absolute atomic E-state index is 1.05. The Balaban J connectivity index is 1.71. The molecule has 1 nitrogen and oxygen atoms in total. The number of fused-ring (bicyclic) bond motifs is 1. The Morgan fingerprint density at radius 1 is 1.00 bits per heavy atom. The first kappa shape index (κ1) is 11.9. The molecule has 0 aromatic carbocycles. The van der Waals surface area contributed by atoms with Gasteiger partial charge in [0.2, 0.25) is 0 Å². The molecule has 2 heteroatoms. The predicted octanol–water partition coefficient (Wildman–Crippen LogP) is 3.67. The van der Waals surface area contributed by atoms with Crippen molar-refractivity contribution in [2.75, 3.05) is 25.0 Å². The number of likely N-dealkylation sites (tertiary alicyclic amines) is 1. The molecule has 2 fully saturated rings. The fraction of sp³-hybridized carbons (Fsp3) is 1.00. The van der Waals surface area contributed by atoms with E-state index >= 15 is 0 Å². The molecule has 0 aromatic rings. The first-order valence-electron chi connectivity index (χ1n) is 6.68. The zero-order valence-corrected chi connectivity index (χ0v) is 11.3. The number of halogens is 1. The summed E-state index contributed by atoms with van der Waals surface area (Å²) in [5, 5.41) is 1.17. The number of unbranched alkanes of at least 4 members (excludes halogenated alkanes) is 1. The van der Waals surface area contributed by atoms with E-state index in [9.17, 15) is 0 Å². The third-order valence-electron chi connectivity index (χ3n) is 4.23. The number of nitrogens with zero attached hydrogens (tertiary/aromatic N) is 1. The molecule has 2 atom stereocenters. The topological polar surface area (TPSA) is 3.24 Å². The second-order valence-electron chi connectivity index (χ2n) is 5.29. The first-order chi connectivity index (χ1) is 7.40. The maximum absolute atomic E-state index is 3.51. The lowest BCUT2D eigenvalue weighted by Gasteiger charge is -2.41. The van der Waals surface area contributed by atoms with Crippen molar-refractivity contribution in [2.24, 2.45) is 11.8 Å². The highest BCUT2D eigenvalue weighted by atomic mass is 79.9. The largest absolute Gasteiger partial charge is 0.303 e. The van der Waals surface area contributed by atoms with Gasteiger partial charge >= 0.3 is 0 Å². The molecule has 1 heterocycles. The van der Waals surface area contributed by atoms with Crippen LogP contribution in [-0.4, -0.2) is 29.9 Å². The van der Waals surface area contributed by atoms with E-state index in [2.05, 4.69) is 20.8 Å². The normalized spacial score (nSPS) is 32.6. The molecule has 2 unspecified atom stereocenters. The van der Waals surface area contributed by atoms with Crippen LogP contribution in [0.25, 0.3) is 0 Å². The summed E-state index contributed by atoms with van der Waals surface area (Å²) < 4.78 is 0. The van der Waals surface area contributed by atoms with E-state index < -0.39 is 0 Å². The molecule has 88 valence electrons. The average Bonchev–Trinajstić information content (AvgIpc) is 2.29. The van der Waals surface area contributed by atoms with E-state index in [4.69, 9.17) is 0 Å². The Hall–Kier alpha value is 0.440. The lowest BCUT2D eigenvalue weighted by molar-refractivity contribution is 0.0861. The van der Waals surface area contributed by atoms with Gasteiger partial charge in [0.1, 0.15) is 0 Å². The van der Waals surface area contributed by atoms with E-state index in [-0.39, 0.29) is 0 Å². The predicted molar refractivity (Wildman–Crippen MR) is 69.5 cm³/mol. The summed E-state index contributed by atoms with van der Waals surface area (Å²) in [4.78, 5) is 2.72. The fourth-order valence-electron chi connectivity index (χ4n) is 3.31. The zero-order valence-electron chi connectivity index (χ0n) is 9.76. The summed E-state index contributed by atoms with van der Waals surface area (Å²) in [6.45, 7) is 4.13. The molecule has 1 saturated heterocycles. The quantitative estimate of drug-likeness (QED) is 0.558. The number of hydrogen-bond donors (Lipinski definition) is 0. The molecular weight excluding hydrogens is 250 g/mol. The summed E-state index contributed by atoms with van der Waals surface area (Å²) in [7, 11) is 0. The van der Waals surface area contributed by atoms with Crippen LogP contribution in [0.5, 0.6) is 0 Å². The van der Waals surface area contributed by atoms with Crippen molar-refractivity contribution in [3.05, 3.63) is 0 Å². The van der Waals surface area contributed by atoms with Gasteiger partial charge in [-0.1, -0.05) is 35.2 Å². The van der Waals surface area contributed by atoms with Crippen molar-refractivity contribution < 1.29 is 0 Å². The minimum Gasteiger partial charge on any atom is -0.303 e. The molecule has 0 N–H and O–H groups in total. The van der Waals surface area contributed by atoms with E-state index in [1.54, 1.807) is 0 Å². The lowest BCUT2D eigenvalue weighted by Crippen LogP contribution is -2.42. The van der Waals surface area contributed by atoms with Gasteiger partial charge in [-0.25, -0.2) is 0 Å². The third kappa shape index (κ3) is 3.45. The summed E-state index contributed by atoms with van der Waals surface area (Å²) in [6, 6.07) is 0. The molecule has 1 aliphatic heterocycles. The molecule has 2 rings (SSSR count).